The van der Waals surface area contributed by atoms with E-state index in [1.165, 1.54) is 5.56 Å². The average molecular weight is 356 g/mol. The Bertz CT molecular complexity index is 644. The molecule has 4 heteroatoms. The molecule has 0 heterocycles. The fourth-order valence-electron chi connectivity index (χ4n) is 2.41. The van der Waals surface area contributed by atoms with Crippen molar-refractivity contribution >= 4 is 17.4 Å². The second kappa shape index (κ2) is 16.9. The molecular formula is C22H30AlLiN2. The van der Waals surface area contributed by atoms with E-state index in [1.807, 2.05) is 54.6 Å². The molecule has 2 nitrogen and oxygen atoms in total. The van der Waals surface area contributed by atoms with Gasteiger partial charge in [0.15, 0.2) is 17.4 Å². The molecule has 0 spiro atoms. The largest absolute Gasteiger partial charge is 1.00 e. The molecule has 0 saturated heterocycles. The summed E-state index contributed by atoms with van der Waals surface area (Å²) in [6.45, 7) is 8.03. The summed E-state index contributed by atoms with van der Waals surface area (Å²) in [5.41, 5.74) is 8.02. The van der Waals surface area contributed by atoms with Crippen LogP contribution in [0.4, 0.5) is 0 Å². The van der Waals surface area contributed by atoms with E-state index in [0.717, 1.165) is 18.4 Å². The summed E-state index contributed by atoms with van der Waals surface area (Å²) in [5.74, 6) is 0.396. The van der Waals surface area contributed by atoms with Gasteiger partial charge < -0.3 is 7.16 Å². The van der Waals surface area contributed by atoms with Crippen molar-refractivity contribution in [3.8, 4) is 6.07 Å². The molecule has 0 fully saturated rings. The summed E-state index contributed by atoms with van der Waals surface area (Å²) >= 11 is 0. The van der Waals surface area contributed by atoms with Crippen LogP contribution in [0.25, 0.3) is 0 Å². The predicted molar refractivity (Wildman–Crippen MR) is 114 cm³/mol. The molecule has 0 aliphatic carbocycles. The monoisotopic (exact) mass is 356 g/mol. The van der Waals surface area contributed by atoms with E-state index in [1.54, 1.807) is 6.08 Å². The topological polar surface area (TPSA) is 49.8 Å². The van der Waals surface area contributed by atoms with E-state index >= 15 is 0 Å². The third kappa shape index (κ3) is 9.85. The van der Waals surface area contributed by atoms with Gasteiger partial charge in [-0.15, -0.1) is 13.2 Å². The summed E-state index contributed by atoms with van der Waals surface area (Å²) in [6.07, 6.45) is 5.38. The van der Waals surface area contributed by atoms with Gasteiger partial charge in [-0.2, -0.15) is 5.26 Å². The van der Waals surface area contributed by atoms with E-state index in [-0.39, 0.29) is 43.6 Å². The number of nitriles is 1. The summed E-state index contributed by atoms with van der Waals surface area (Å²) in [4.78, 5) is 0. The molecular weight excluding hydrogens is 326 g/mol. The van der Waals surface area contributed by atoms with E-state index in [2.05, 4.69) is 31.4 Å². The molecule has 0 aliphatic heterocycles. The Hall–Kier alpha value is -1.50. The van der Waals surface area contributed by atoms with Gasteiger partial charge in [-0.05, 0) is 36.4 Å². The van der Waals surface area contributed by atoms with Gasteiger partial charge in [-0.25, -0.2) is 0 Å². The number of nitrogens with two attached hydrogens (primary N) is 1. The van der Waals surface area contributed by atoms with Gasteiger partial charge in [-0.1, -0.05) is 72.8 Å². The normalized spacial score (nSPS) is 11.1. The van der Waals surface area contributed by atoms with E-state index in [0.29, 0.717) is 12.5 Å². The van der Waals surface area contributed by atoms with E-state index in [4.69, 9.17) is 11.0 Å². The molecule has 2 rings (SSSR count). The van der Waals surface area contributed by atoms with Crippen molar-refractivity contribution < 1.29 is 20.3 Å². The summed E-state index contributed by atoms with van der Waals surface area (Å²) < 4.78 is 0. The molecule has 26 heavy (non-hydrogen) atoms. The van der Waals surface area contributed by atoms with E-state index < -0.39 is 0 Å². The van der Waals surface area contributed by atoms with Crippen LogP contribution >= 0.6 is 0 Å². The maximum Gasteiger partial charge on any atom is 1.00 e. The number of benzene rings is 2. The Morgan fingerprint density at radius 2 is 1.38 bits per heavy atom. The fourth-order valence-corrected chi connectivity index (χ4v) is 2.41. The van der Waals surface area contributed by atoms with Gasteiger partial charge in [0.1, 0.15) is 0 Å². The standard InChI is InChI=1S/C11H15N.C11H11N.Al.Li.4H/c2*1-2-6-11(9-12)10-7-4-3-5-8-10;;;;;;/h2-5,7-8,11H,1,6,9,12H2;2-5,7-8,11H,1,6H2;;;;;;/q;;;+1;;;;-1. The molecule has 2 N–H and O–H groups in total. The fraction of sp³-hybridized carbons (Fsp3) is 0.227. The number of hydrogen-bond donors (Lipinski definition) is 1. The van der Waals surface area contributed by atoms with Crippen molar-refractivity contribution in [1.82, 2.24) is 0 Å². The van der Waals surface area contributed by atoms with Crippen molar-refractivity contribution in [3.05, 3.63) is 97.1 Å². The first-order valence-corrected chi connectivity index (χ1v) is 8.18. The minimum Gasteiger partial charge on any atom is -1.00 e. The number of allylic oxidation sites excluding steroid dienone is 2. The summed E-state index contributed by atoms with van der Waals surface area (Å²) in [6, 6.07) is 22.4. The Morgan fingerprint density at radius 1 is 0.923 bits per heavy atom. The SMILES string of the molecule is C=CCC(C#N)c1ccccc1.C=CCC(CN)c1ccccc1.[AlH3].[H-].[Li+]. The van der Waals surface area contributed by atoms with Gasteiger partial charge in [-0.3, -0.25) is 0 Å². The molecule has 2 atom stereocenters. The van der Waals surface area contributed by atoms with Crippen LogP contribution in [0.15, 0.2) is 86.0 Å². The molecule has 0 bridgehead atoms. The van der Waals surface area contributed by atoms with Crippen LogP contribution in [0, 0.1) is 11.3 Å². The maximum absolute atomic E-state index is 8.81. The molecule has 0 amide bonds. The second-order valence-corrected chi connectivity index (χ2v) is 5.48. The molecule has 2 aromatic carbocycles. The Morgan fingerprint density at radius 3 is 1.77 bits per heavy atom. The molecule has 2 unspecified atom stereocenters. The Labute approximate surface area is 182 Å². The third-order valence-electron chi connectivity index (χ3n) is 3.77. The predicted octanol–water partition coefficient (Wildman–Crippen LogP) is 1.11. The third-order valence-corrected chi connectivity index (χ3v) is 3.77. The van der Waals surface area contributed by atoms with Gasteiger partial charge in [0, 0.05) is 0 Å². The zero-order valence-electron chi connectivity index (χ0n) is 16.1. The van der Waals surface area contributed by atoms with Crippen molar-refractivity contribution in [2.24, 2.45) is 5.73 Å². The van der Waals surface area contributed by atoms with Gasteiger partial charge in [0.2, 0.25) is 0 Å². The summed E-state index contributed by atoms with van der Waals surface area (Å²) in [7, 11) is 0. The van der Waals surface area contributed by atoms with E-state index in [9.17, 15) is 0 Å². The quantitative estimate of drug-likeness (QED) is 0.597. The van der Waals surface area contributed by atoms with Crippen molar-refractivity contribution in [3.63, 3.8) is 0 Å². The summed E-state index contributed by atoms with van der Waals surface area (Å²) in [5, 5.41) is 8.81. The van der Waals surface area contributed by atoms with Crippen LogP contribution in [-0.4, -0.2) is 23.9 Å². The number of nitrogens with zero attached hydrogens (tertiary/aromatic N) is 1. The first-order valence-electron chi connectivity index (χ1n) is 8.18. The first-order chi connectivity index (χ1) is 11.8. The van der Waals surface area contributed by atoms with Gasteiger partial charge >= 0.3 is 18.9 Å². The minimum atomic E-state index is -0.0382. The first kappa shape index (κ1) is 26.7. The zero-order valence-corrected chi connectivity index (χ0v) is 15.1. The average Bonchev–Trinajstić information content (AvgIpc) is 2.66. The van der Waals surface area contributed by atoms with Crippen molar-refractivity contribution in [2.75, 3.05) is 6.54 Å². The smallest absolute Gasteiger partial charge is 1.00 e. The van der Waals surface area contributed by atoms with Crippen LogP contribution < -0.4 is 24.6 Å². The van der Waals surface area contributed by atoms with Crippen LogP contribution in [-0.2, 0) is 0 Å². The maximum atomic E-state index is 8.81. The van der Waals surface area contributed by atoms with Crippen LogP contribution in [0.1, 0.15) is 37.2 Å². The second-order valence-electron chi connectivity index (χ2n) is 5.48. The molecule has 0 saturated carbocycles. The number of hydrogen-bond acceptors (Lipinski definition) is 2. The van der Waals surface area contributed by atoms with Crippen molar-refractivity contribution in [2.45, 2.75) is 24.7 Å². The molecule has 0 aliphatic rings. The molecule has 2 aromatic rings. The van der Waals surface area contributed by atoms with Crippen molar-refractivity contribution in [1.29, 1.82) is 5.26 Å². The molecule has 132 valence electrons. The van der Waals surface area contributed by atoms with Gasteiger partial charge in [0.25, 0.3) is 0 Å². The zero-order chi connectivity index (χ0) is 17.6. The molecule has 0 radical (unpaired) electrons. The minimum absolute atomic E-state index is 0. The Balaban J connectivity index is -0.000000384. The van der Waals surface area contributed by atoms with Crippen LogP contribution in [0.3, 0.4) is 0 Å². The molecule has 0 aromatic heterocycles. The number of rotatable bonds is 7. The van der Waals surface area contributed by atoms with Gasteiger partial charge in [0.05, 0.1) is 12.0 Å². The van der Waals surface area contributed by atoms with Crippen LogP contribution in [0.5, 0.6) is 0 Å². The van der Waals surface area contributed by atoms with Crippen LogP contribution in [0.2, 0.25) is 0 Å². The Kier molecular flexibility index (Phi) is 17.4.